The Kier molecular flexibility index (Phi) is 7.80. The van der Waals surface area contributed by atoms with Gasteiger partial charge in [-0.1, -0.05) is 18.2 Å². The summed E-state index contributed by atoms with van der Waals surface area (Å²) in [6.45, 7) is 2.79. The van der Waals surface area contributed by atoms with Crippen LogP contribution in [0.15, 0.2) is 54.6 Å². The number of aryl methyl sites for hydroxylation is 3. The number of rotatable bonds is 9. The predicted molar refractivity (Wildman–Crippen MR) is 112 cm³/mol. The van der Waals surface area contributed by atoms with Crippen molar-refractivity contribution in [2.45, 2.75) is 26.2 Å². The molecule has 4 N–H and O–H groups in total. The first kappa shape index (κ1) is 19.9. The van der Waals surface area contributed by atoms with E-state index in [-0.39, 0.29) is 0 Å². The second kappa shape index (κ2) is 10.6. The Morgan fingerprint density at radius 1 is 1.15 bits per heavy atom. The molecule has 0 unspecified atom stereocenters. The van der Waals surface area contributed by atoms with Crippen molar-refractivity contribution in [1.29, 1.82) is 10.7 Å². The molecule has 1 aromatic carbocycles. The molecule has 0 fully saturated rings. The first-order valence-electron chi connectivity index (χ1n) is 8.94. The maximum atomic E-state index is 9.29. The summed E-state index contributed by atoms with van der Waals surface area (Å²) >= 11 is 0. The summed E-state index contributed by atoms with van der Waals surface area (Å²) in [4.78, 5) is 4.38. The third-order valence-electron chi connectivity index (χ3n) is 3.93. The molecule has 0 saturated carbocycles. The standard InChI is InChI=1S/C22H25N5/c1-17-11-20(27-22(25)12-17)8-7-18-13-19(16-24)15-21(14-18)26-10-6-4-2-3-5-9-23/h2-5,9,11-15,23,26H,6-8,10H2,1H3,(H2,25,27)/b4-2+,5-3-,23-9?. The number of allylic oxidation sites excluding steroid dienone is 3. The van der Waals surface area contributed by atoms with Gasteiger partial charge in [-0.05, 0) is 73.7 Å². The molecular weight excluding hydrogens is 334 g/mol. The second-order valence-electron chi connectivity index (χ2n) is 6.29. The molecule has 138 valence electrons. The Morgan fingerprint density at radius 2 is 2.00 bits per heavy atom. The molecule has 5 nitrogen and oxygen atoms in total. The zero-order chi connectivity index (χ0) is 19.5. The molecule has 0 aliphatic carbocycles. The molecule has 2 rings (SSSR count). The molecule has 27 heavy (non-hydrogen) atoms. The topological polar surface area (TPSA) is 98.6 Å². The molecule has 0 saturated heterocycles. The van der Waals surface area contributed by atoms with Crippen LogP contribution in [-0.4, -0.2) is 17.7 Å². The van der Waals surface area contributed by atoms with Crippen molar-refractivity contribution >= 4 is 17.7 Å². The number of hydrogen-bond acceptors (Lipinski definition) is 5. The quantitative estimate of drug-likeness (QED) is 0.355. The Hall–Kier alpha value is -3.39. The van der Waals surface area contributed by atoms with Gasteiger partial charge in [0.05, 0.1) is 11.6 Å². The minimum absolute atomic E-state index is 0.543. The molecule has 0 spiro atoms. The highest BCUT2D eigenvalue weighted by atomic mass is 14.9. The van der Waals surface area contributed by atoms with Crippen molar-refractivity contribution < 1.29 is 0 Å². The Morgan fingerprint density at radius 3 is 2.74 bits per heavy atom. The first-order chi connectivity index (χ1) is 13.1. The largest absolute Gasteiger partial charge is 0.385 e. The molecule has 1 heterocycles. The number of aromatic nitrogens is 1. The highest BCUT2D eigenvalue weighted by molar-refractivity contribution is 5.68. The fourth-order valence-corrected chi connectivity index (χ4v) is 2.77. The molecule has 0 bridgehead atoms. The number of anilines is 2. The smallest absolute Gasteiger partial charge is 0.123 e. The lowest BCUT2D eigenvalue weighted by molar-refractivity contribution is 0.912. The van der Waals surface area contributed by atoms with Crippen LogP contribution in [0.2, 0.25) is 0 Å². The van der Waals surface area contributed by atoms with Gasteiger partial charge in [-0.3, -0.25) is 0 Å². The molecule has 5 heteroatoms. The maximum absolute atomic E-state index is 9.29. The third-order valence-corrected chi connectivity index (χ3v) is 3.93. The molecular formula is C22H25N5. The van der Waals surface area contributed by atoms with Gasteiger partial charge in [0, 0.05) is 24.1 Å². The summed E-state index contributed by atoms with van der Waals surface area (Å²) in [6, 6.07) is 12.0. The van der Waals surface area contributed by atoms with Crippen molar-refractivity contribution in [2.75, 3.05) is 17.6 Å². The van der Waals surface area contributed by atoms with Gasteiger partial charge in [-0.2, -0.15) is 5.26 Å². The van der Waals surface area contributed by atoms with Crippen molar-refractivity contribution in [3.63, 3.8) is 0 Å². The summed E-state index contributed by atoms with van der Waals surface area (Å²) in [5, 5.41) is 19.6. The van der Waals surface area contributed by atoms with E-state index >= 15 is 0 Å². The van der Waals surface area contributed by atoms with E-state index in [9.17, 15) is 5.26 Å². The van der Waals surface area contributed by atoms with E-state index in [1.807, 2.05) is 49.4 Å². The van der Waals surface area contributed by atoms with Crippen LogP contribution in [0.5, 0.6) is 0 Å². The van der Waals surface area contributed by atoms with Crippen LogP contribution in [0.25, 0.3) is 0 Å². The monoisotopic (exact) mass is 359 g/mol. The maximum Gasteiger partial charge on any atom is 0.123 e. The van der Waals surface area contributed by atoms with E-state index in [0.29, 0.717) is 11.4 Å². The molecule has 0 radical (unpaired) electrons. The van der Waals surface area contributed by atoms with Crippen molar-refractivity contribution in [3.05, 3.63) is 77.0 Å². The van der Waals surface area contributed by atoms with Gasteiger partial charge in [0.25, 0.3) is 0 Å². The SMILES string of the molecule is Cc1cc(N)nc(CCc2cc(C#N)cc(NCC/C=C/C=C\C=N)c2)c1. The molecule has 1 aromatic heterocycles. The van der Waals surface area contributed by atoms with Crippen LogP contribution in [0.3, 0.4) is 0 Å². The fraction of sp³-hybridized carbons (Fsp3) is 0.227. The average Bonchev–Trinajstić information content (AvgIpc) is 2.65. The highest BCUT2D eigenvalue weighted by Crippen LogP contribution is 2.17. The van der Waals surface area contributed by atoms with E-state index in [2.05, 4.69) is 22.4 Å². The number of nitrogens with zero attached hydrogens (tertiary/aromatic N) is 2. The number of pyridine rings is 1. The Labute approximate surface area is 160 Å². The number of hydrogen-bond donors (Lipinski definition) is 3. The van der Waals surface area contributed by atoms with Gasteiger partial charge in [0.15, 0.2) is 0 Å². The fourth-order valence-electron chi connectivity index (χ4n) is 2.77. The van der Waals surface area contributed by atoms with Gasteiger partial charge in [0.2, 0.25) is 0 Å². The van der Waals surface area contributed by atoms with E-state index in [4.69, 9.17) is 11.1 Å². The number of nitrogen functional groups attached to an aromatic ring is 1. The highest BCUT2D eigenvalue weighted by Gasteiger charge is 2.04. The van der Waals surface area contributed by atoms with Crippen LogP contribution in [0.1, 0.15) is 28.8 Å². The third kappa shape index (κ3) is 7.17. The van der Waals surface area contributed by atoms with Gasteiger partial charge in [0.1, 0.15) is 5.82 Å². The van der Waals surface area contributed by atoms with Crippen molar-refractivity contribution in [2.24, 2.45) is 0 Å². The lowest BCUT2D eigenvalue weighted by Gasteiger charge is -2.09. The van der Waals surface area contributed by atoms with Gasteiger partial charge >= 0.3 is 0 Å². The van der Waals surface area contributed by atoms with Crippen LogP contribution in [0.4, 0.5) is 11.5 Å². The summed E-state index contributed by atoms with van der Waals surface area (Å²) in [6.07, 6.45) is 11.1. The molecule has 0 aliphatic rings. The number of nitrogens with two attached hydrogens (primary N) is 1. The normalized spacial score (nSPS) is 11.0. The number of nitriles is 1. The molecule has 0 amide bonds. The van der Waals surface area contributed by atoms with Crippen LogP contribution < -0.4 is 11.1 Å². The predicted octanol–water partition coefficient (Wildman–Crippen LogP) is 4.19. The van der Waals surface area contributed by atoms with Crippen molar-refractivity contribution in [3.8, 4) is 6.07 Å². The van der Waals surface area contributed by atoms with Gasteiger partial charge in [-0.15, -0.1) is 0 Å². The van der Waals surface area contributed by atoms with E-state index in [1.54, 1.807) is 6.08 Å². The summed E-state index contributed by atoms with van der Waals surface area (Å²) in [5.41, 5.74) is 10.6. The molecule has 2 aromatic rings. The number of nitrogens with one attached hydrogen (secondary N) is 2. The molecule has 0 atom stereocenters. The van der Waals surface area contributed by atoms with E-state index in [1.165, 1.54) is 6.21 Å². The lowest BCUT2D eigenvalue weighted by atomic mass is 10.0. The zero-order valence-electron chi connectivity index (χ0n) is 15.6. The molecule has 0 aliphatic heterocycles. The Balaban J connectivity index is 1.97. The van der Waals surface area contributed by atoms with E-state index in [0.717, 1.165) is 48.3 Å². The van der Waals surface area contributed by atoms with Crippen LogP contribution in [0, 0.1) is 23.7 Å². The average molecular weight is 359 g/mol. The second-order valence-corrected chi connectivity index (χ2v) is 6.29. The van der Waals surface area contributed by atoms with E-state index < -0.39 is 0 Å². The Bertz CT molecular complexity index is 855. The van der Waals surface area contributed by atoms with Crippen LogP contribution >= 0.6 is 0 Å². The minimum atomic E-state index is 0.543. The first-order valence-corrected chi connectivity index (χ1v) is 8.94. The lowest BCUT2D eigenvalue weighted by Crippen LogP contribution is -2.03. The van der Waals surface area contributed by atoms with Gasteiger partial charge in [-0.25, -0.2) is 4.98 Å². The summed E-state index contributed by atoms with van der Waals surface area (Å²) in [5.74, 6) is 0.543. The summed E-state index contributed by atoms with van der Waals surface area (Å²) < 4.78 is 0. The van der Waals surface area contributed by atoms with Crippen LogP contribution in [-0.2, 0) is 12.8 Å². The van der Waals surface area contributed by atoms with Crippen molar-refractivity contribution in [1.82, 2.24) is 4.98 Å². The number of benzene rings is 1. The van der Waals surface area contributed by atoms with Gasteiger partial charge < -0.3 is 16.5 Å². The summed E-state index contributed by atoms with van der Waals surface area (Å²) in [7, 11) is 0. The zero-order valence-corrected chi connectivity index (χ0v) is 15.6. The minimum Gasteiger partial charge on any atom is -0.385 e.